The predicted octanol–water partition coefficient (Wildman–Crippen LogP) is 4.09. The highest BCUT2D eigenvalue weighted by atomic mass is 16.7. The van der Waals surface area contributed by atoms with Gasteiger partial charge in [-0.05, 0) is 56.8 Å². The number of imide groups is 1. The van der Waals surface area contributed by atoms with Gasteiger partial charge in [0.1, 0.15) is 5.60 Å². The van der Waals surface area contributed by atoms with Gasteiger partial charge < -0.3 is 19.5 Å². The van der Waals surface area contributed by atoms with Gasteiger partial charge in [-0.1, -0.05) is 26.8 Å². The largest absolute Gasteiger partial charge is 0.454 e. The van der Waals surface area contributed by atoms with Crippen LogP contribution >= 0.6 is 0 Å². The summed E-state index contributed by atoms with van der Waals surface area (Å²) in [6, 6.07) is 5.84. The number of ether oxygens (including phenoxy) is 3. The van der Waals surface area contributed by atoms with Crippen LogP contribution in [0.1, 0.15) is 59.9 Å². The van der Waals surface area contributed by atoms with Crippen LogP contribution in [-0.2, 0) is 16.1 Å². The molecule has 0 spiro atoms. The van der Waals surface area contributed by atoms with Crippen LogP contribution in [0.25, 0.3) is 0 Å². The molecule has 2 amide bonds. The van der Waals surface area contributed by atoms with Crippen LogP contribution in [0.15, 0.2) is 18.2 Å². The minimum atomic E-state index is -0.644. The fourth-order valence-corrected chi connectivity index (χ4v) is 2.83. The van der Waals surface area contributed by atoms with E-state index in [4.69, 9.17) is 14.2 Å². The van der Waals surface area contributed by atoms with Gasteiger partial charge in [-0.3, -0.25) is 4.79 Å². The number of carbonyl (C=O) groups excluding carboxylic acids is 2. The maximum Gasteiger partial charge on any atom is 0.417 e. The highest BCUT2D eigenvalue weighted by Crippen LogP contribution is 2.32. The van der Waals surface area contributed by atoms with Crippen LogP contribution in [0.3, 0.4) is 0 Å². The summed E-state index contributed by atoms with van der Waals surface area (Å²) in [4.78, 5) is 26.4. The zero-order valence-electron chi connectivity index (χ0n) is 18.5. The smallest absolute Gasteiger partial charge is 0.417 e. The van der Waals surface area contributed by atoms with Crippen LogP contribution in [0.4, 0.5) is 4.79 Å². The van der Waals surface area contributed by atoms with Gasteiger partial charge in [-0.15, -0.1) is 0 Å². The van der Waals surface area contributed by atoms with Gasteiger partial charge in [0.2, 0.25) is 12.7 Å². The van der Waals surface area contributed by atoms with Crippen molar-refractivity contribution in [2.45, 2.75) is 66.5 Å². The second-order valence-electron chi connectivity index (χ2n) is 9.48. The van der Waals surface area contributed by atoms with Gasteiger partial charge in [0.15, 0.2) is 11.5 Å². The molecular weight excluding hydrogens is 372 g/mol. The molecule has 1 heterocycles. The van der Waals surface area contributed by atoms with Crippen LogP contribution in [0, 0.1) is 5.41 Å². The number of nitrogens with one attached hydrogen (secondary N) is 1. The molecule has 0 saturated heterocycles. The summed E-state index contributed by atoms with van der Waals surface area (Å²) in [5.74, 6) is 1.31. The molecular formula is C22H34N2O5. The van der Waals surface area contributed by atoms with Crippen molar-refractivity contribution in [2.75, 3.05) is 19.9 Å². The van der Waals surface area contributed by atoms with Gasteiger partial charge in [0.05, 0.1) is 0 Å². The first-order valence-corrected chi connectivity index (χ1v) is 10.1. The first kappa shape index (κ1) is 23.0. The number of carbonyl (C=O) groups is 2. The fourth-order valence-electron chi connectivity index (χ4n) is 2.83. The quantitative estimate of drug-likeness (QED) is 0.687. The van der Waals surface area contributed by atoms with Gasteiger partial charge in [-0.25, -0.2) is 9.69 Å². The minimum absolute atomic E-state index is 0.199. The van der Waals surface area contributed by atoms with Gasteiger partial charge in [0.25, 0.3) is 0 Å². The lowest BCUT2D eigenvalue weighted by Crippen LogP contribution is -2.43. The number of nitrogens with zero attached hydrogens (tertiary/aromatic N) is 1. The molecule has 1 aromatic rings. The van der Waals surface area contributed by atoms with E-state index in [0.29, 0.717) is 26.1 Å². The molecule has 0 aromatic heterocycles. The third-order valence-corrected chi connectivity index (χ3v) is 4.10. The van der Waals surface area contributed by atoms with Gasteiger partial charge in [0, 0.05) is 19.5 Å². The second kappa shape index (κ2) is 9.48. The Morgan fingerprint density at radius 1 is 1.10 bits per heavy atom. The lowest BCUT2D eigenvalue weighted by Gasteiger charge is -2.28. The van der Waals surface area contributed by atoms with E-state index in [1.807, 2.05) is 39.0 Å². The molecule has 162 valence electrons. The number of rotatable bonds is 7. The Hall–Kier alpha value is -2.28. The summed E-state index contributed by atoms with van der Waals surface area (Å²) in [6.45, 7) is 13.2. The zero-order chi connectivity index (χ0) is 21.7. The molecule has 0 saturated carbocycles. The van der Waals surface area contributed by atoms with Crippen LogP contribution < -0.4 is 14.8 Å². The van der Waals surface area contributed by atoms with Crippen molar-refractivity contribution in [3.8, 4) is 11.5 Å². The molecule has 1 aliphatic heterocycles. The third-order valence-electron chi connectivity index (χ3n) is 4.10. The average Bonchev–Trinajstić information content (AvgIpc) is 3.02. The maximum absolute atomic E-state index is 12.7. The third kappa shape index (κ3) is 7.93. The monoisotopic (exact) mass is 406 g/mol. The van der Waals surface area contributed by atoms with E-state index in [2.05, 4.69) is 5.32 Å². The number of amides is 2. The van der Waals surface area contributed by atoms with E-state index >= 15 is 0 Å². The van der Waals surface area contributed by atoms with Crippen LogP contribution in [-0.4, -0.2) is 42.4 Å². The Labute approximate surface area is 173 Å². The molecule has 2 rings (SSSR count). The molecule has 1 aliphatic rings. The Bertz CT molecular complexity index is 691. The Morgan fingerprint density at radius 2 is 1.79 bits per heavy atom. The van der Waals surface area contributed by atoms with E-state index < -0.39 is 11.7 Å². The maximum atomic E-state index is 12.7. The zero-order valence-corrected chi connectivity index (χ0v) is 18.5. The molecule has 0 atom stereocenters. The van der Waals surface area contributed by atoms with E-state index in [9.17, 15) is 9.59 Å². The lowest BCUT2D eigenvalue weighted by atomic mass is 9.91. The Balaban J connectivity index is 1.84. The first-order valence-electron chi connectivity index (χ1n) is 10.1. The SMILES string of the molecule is CC(C)(C)CC(=O)N(CCCNCc1ccc2c(c1)OCO2)C(=O)OC(C)(C)C. The van der Waals surface area contributed by atoms with Crippen LogP contribution in [0.5, 0.6) is 11.5 Å². The molecule has 7 nitrogen and oxygen atoms in total. The lowest BCUT2D eigenvalue weighted by molar-refractivity contribution is -0.132. The normalized spacial score (nSPS) is 13.3. The summed E-state index contributed by atoms with van der Waals surface area (Å²) in [5.41, 5.74) is 0.242. The van der Waals surface area contributed by atoms with Gasteiger partial charge >= 0.3 is 6.09 Å². The molecule has 0 bridgehead atoms. The number of hydrogen-bond acceptors (Lipinski definition) is 6. The topological polar surface area (TPSA) is 77.1 Å². The average molecular weight is 407 g/mol. The van der Waals surface area contributed by atoms with E-state index in [1.165, 1.54) is 4.90 Å². The number of hydrogen-bond donors (Lipinski definition) is 1. The van der Waals surface area contributed by atoms with Crippen molar-refractivity contribution in [2.24, 2.45) is 5.41 Å². The minimum Gasteiger partial charge on any atom is -0.454 e. The molecule has 7 heteroatoms. The number of benzene rings is 1. The Kier molecular flexibility index (Phi) is 7.52. The molecule has 1 N–H and O–H groups in total. The summed E-state index contributed by atoms with van der Waals surface area (Å²) in [7, 11) is 0. The van der Waals surface area contributed by atoms with Crippen molar-refractivity contribution >= 4 is 12.0 Å². The predicted molar refractivity (Wildman–Crippen MR) is 111 cm³/mol. The summed E-state index contributed by atoms with van der Waals surface area (Å²) >= 11 is 0. The van der Waals surface area contributed by atoms with E-state index in [0.717, 1.165) is 17.1 Å². The highest BCUT2D eigenvalue weighted by Gasteiger charge is 2.29. The summed E-state index contributed by atoms with van der Waals surface area (Å²) in [6.07, 6.45) is 0.346. The van der Waals surface area contributed by atoms with E-state index in [1.54, 1.807) is 20.8 Å². The van der Waals surface area contributed by atoms with Crippen molar-refractivity contribution in [1.82, 2.24) is 10.2 Å². The molecule has 0 aliphatic carbocycles. The molecule has 0 radical (unpaired) electrons. The van der Waals surface area contributed by atoms with E-state index in [-0.39, 0.29) is 24.5 Å². The fraction of sp³-hybridized carbons (Fsp3) is 0.636. The first-order chi connectivity index (χ1) is 13.4. The molecule has 0 unspecified atom stereocenters. The van der Waals surface area contributed by atoms with Crippen molar-refractivity contribution in [3.63, 3.8) is 0 Å². The number of fused-ring (bicyclic) bond motifs is 1. The second-order valence-corrected chi connectivity index (χ2v) is 9.48. The highest BCUT2D eigenvalue weighted by molar-refractivity contribution is 5.92. The van der Waals surface area contributed by atoms with Crippen molar-refractivity contribution in [1.29, 1.82) is 0 Å². The van der Waals surface area contributed by atoms with Crippen molar-refractivity contribution < 1.29 is 23.8 Å². The van der Waals surface area contributed by atoms with Crippen LogP contribution in [0.2, 0.25) is 0 Å². The molecule has 0 fully saturated rings. The molecule has 29 heavy (non-hydrogen) atoms. The van der Waals surface area contributed by atoms with Crippen molar-refractivity contribution in [3.05, 3.63) is 23.8 Å². The molecule has 1 aromatic carbocycles. The Morgan fingerprint density at radius 3 is 2.45 bits per heavy atom. The summed E-state index contributed by atoms with van der Waals surface area (Å²) in [5, 5.41) is 3.34. The standard InChI is InChI=1S/C22H34N2O5/c1-21(2,3)13-19(25)24(20(26)29-22(4,5)6)11-7-10-23-14-16-8-9-17-18(12-16)28-15-27-17/h8-9,12,23H,7,10-11,13-15H2,1-6H3. The van der Waals surface area contributed by atoms with Gasteiger partial charge in [-0.2, -0.15) is 0 Å². The summed E-state index contributed by atoms with van der Waals surface area (Å²) < 4.78 is 16.1.